The van der Waals surface area contributed by atoms with E-state index in [0.29, 0.717) is 17.8 Å². The van der Waals surface area contributed by atoms with Crippen molar-refractivity contribution in [3.8, 4) is 0 Å². The SMILES string of the molecule is CO[C@H](C(=O)NCc1ccc(C(=N)N)cc1)c1ccccn1. The van der Waals surface area contributed by atoms with Crippen LogP contribution in [0.25, 0.3) is 0 Å². The van der Waals surface area contributed by atoms with Crippen molar-refractivity contribution in [2.75, 3.05) is 7.11 Å². The number of nitrogen functional groups attached to an aromatic ring is 1. The van der Waals surface area contributed by atoms with E-state index in [9.17, 15) is 4.79 Å². The largest absolute Gasteiger partial charge is 0.384 e. The Labute approximate surface area is 128 Å². The molecule has 1 atom stereocenters. The smallest absolute Gasteiger partial charge is 0.255 e. The van der Waals surface area contributed by atoms with Crippen molar-refractivity contribution < 1.29 is 9.53 Å². The predicted molar refractivity (Wildman–Crippen MR) is 83.3 cm³/mol. The second kappa shape index (κ2) is 7.33. The van der Waals surface area contributed by atoms with Crippen molar-refractivity contribution in [2.45, 2.75) is 12.6 Å². The van der Waals surface area contributed by atoms with Crippen LogP contribution in [-0.4, -0.2) is 23.8 Å². The van der Waals surface area contributed by atoms with Gasteiger partial charge in [0.1, 0.15) is 5.84 Å². The average Bonchev–Trinajstić information content (AvgIpc) is 2.55. The molecule has 6 nitrogen and oxygen atoms in total. The van der Waals surface area contributed by atoms with Crippen LogP contribution in [0.1, 0.15) is 22.9 Å². The van der Waals surface area contributed by atoms with Crippen LogP contribution in [0.4, 0.5) is 0 Å². The van der Waals surface area contributed by atoms with Gasteiger partial charge in [-0.15, -0.1) is 0 Å². The molecule has 0 fully saturated rings. The van der Waals surface area contributed by atoms with Gasteiger partial charge >= 0.3 is 0 Å². The summed E-state index contributed by atoms with van der Waals surface area (Å²) in [5, 5.41) is 10.1. The van der Waals surface area contributed by atoms with Gasteiger partial charge in [-0.1, -0.05) is 30.3 Å². The molecular formula is C16H18N4O2. The molecule has 6 heteroatoms. The molecule has 0 saturated heterocycles. The van der Waals surface area contributed by atoms with Crippen molar-refractivity contribution in [3.63, 3.8) is 0 Å². The van der Waals surface area contributed by atoms with Crippen LogP contribution in [-0.2, 0) is 16.1 Å². The Morgan fingerprint density at radius 2 is 2.05 bits per heavy atom. The van der Waals surface area contributed by atoms with E-state index in [0.717, 1.165) is 5.56 Å². The van der Waals surface area contributed by atoms with Crippen LogP contribution in [0.15, 0.2) is 48.7 Å². The Kier molecular flexibility index (Phi) is 5.21. The lowest BCUT2D eigenvalue weighted by Gasteiger charge is -2.14. The summed E-state index contributed by atoms with van der Waals surface area (Å²) in [6.45, 7) is 0.365. The Morgan fingerprint density at radius 3 is 2.59 bits per heavy atom. The Morgan fingerprint density at radius 1 is 1.32 bits per heavy atom. The quantitative estimate of drug-likeness (QED) is 0.554. The molecule has 0 unspecified atom stereocenters. The van der Waals surface area contributed by atoms with Crippen LogP contribution in [0, 0.1) is 5.41 Å². The number of nitrogens with two attached hydrogens (primary N) is 1. The first kappa shape index (κ1) is 15.7. The lowest BCUT2D eigenvalue weighted by atomic mass is 10.1. The number of rotatable bonds is 6. The fraction of sp³-hybridized carbons (Fsp3) is 0.188. The average molecular weight is 298 g/mol. The lowest BCUT2D eigenvalue weighted by Crippen LogP contribution is -2.30. The molecular weight excluding hydrogens is 280 g/mol. The zero-order valence-electron chi connectivity index (χ0n) is 12.2. The van der Waals surface area contributed by atoms with Crippen LogP contribution in [0.5, 0.6) is 0 Å². The molecule has 114 valence electrons. The maximum Gasteiger partial charge on any atom is 0.255 e. The summed E-state index contributed by atoms with van der Waals surface area (Å²) in [5.41, 5.74) is 7.53. The molecule has 2 aromatic rings. The number of hydrogen-bond donors (Lipinski definition) is 3. The number of carbonyl (C=O) groups excluding carboxylic acids is 1. The molecule has 4 N–H and O–H groups in total. The number of aromatic nitrogens is 1. The van der Waals surface area contributed by atoms with Crippen molar-refractivity contribution in [3.05, 3.63) is 65.5 Å². The highest BCUT2D eigenvalue weighted by Gasteiger charge is 2.20. The van der Waals surface area contributed by atoms with Gasteiger partial charge < -0.3 is 15.8 Å². The summed E-state index contributed by atoms with van der Waals surface area (Å²) >= 11 is 0. The van der Waals surface area contributed by atoms with E-state index in [1.54, 1.807) is 30.5 Å². The minimum absolute atomic E-state index is 0.0187. The van der Waals surface area contributed by atoms with Crippen LogP contribution in [0.3, 0.4) is 0 Å². The fourth-order valence-corrected chi connectivity index (χ4v) is 1.98. The Bertz CT molecular complexity index is 641. The second-order valence-corrected chi connectivity index (χ2v) is 4.70. The van der Waals surface area contributed by atoms with Crippen LogP contribution >= 0.6 is 0 Å². The number of methoxy groups -OCH3 is 1. The van der Waals surface area contributed by atoms with Crippen molar-refractivity contribution in [1.82, 2.24) is 10.3 Å². The van der Waals surface area contributed by atoms with Gasteiger partial charge in [0.2, 0.25) is 0 Å². The number of amidine groups is 1. The molecule has 1 aromatic heterocycles. The third kappa shape index (κ3) is 3.89. The summed E-state index contributed by atoms with van der Waals surface area (Å²) < 4.78 is 5.22. The van der Waals surface area contributed by atoms with E-state index >= 15 is 0 Å². The number of benzene rings is 1. The maximum absolute atomic E-state index is 12.2. The molecule has 0 aliphatic heterocycles. The molecule has 0 aliphatic rings. The van der Waals surface area contributed by atoms with Crippen molar-refractivity contribution in [1.29, 1.82) is 5.41 Å². The highest BCUT2D eigenvalue weighted by atomic mass is 16.5. The number of carbonyl (C=O) groups is 1. The maximum atomic E-state index is 12.2. The standard InChI is InChI=1S/C16H18N4O2/c1-22-14(13-4-2-3-9-19-13)16(21)20-10-11-5-7-12(8-6-11)15(17)18/h2-9,14H,10H2,1H3,(H3,17,18)(H,20,21)/t14-/m0/s1. The van der Waals surface area contributed by atoms with E-state index in [-0.39, 0.29) is 11.7 Å². The number of ether oxygens (including phenoxy) is 1. The van der Waals surface area contributed by atoms with Gasteiger partial charge in [-0.05, 0) is 17.7 Å². The minimum atomic E-state index is -0.738. The van der Waals surface area contributed by atoms with Gasteiger partial charge in [-0.25, -0.2) is 0 Å². The topological polar surface area (TPSA) is 101 Å². The molecule has 2 rings (SSSR count). The number of amides is 1. The minimum Gasteiger partial charge on any atom is -0.384 e. The number of nitrogens with one attached hydrogen (secondary N) is 2. The highest BCUT2D eigenvalue weighted by Crippen LogP contribution is 2.14. The number of nitrogens with zero attached hydrogens (tertiary/aromatic N) is 1. The zero-order valence-corrected chi connectivity index (χ0v) is 12.2. The van der Waals surface area contributed by atoms with E-state index in [4.69, 9.17) is 15.9 Å². The summed E-state index contributed by atoms with van der Waals surface area (Å²) in [6, 6.07) is 12.5. The first-order chi connectivity index (χ1) is 10.6. The van der Waals surface area contributed by atoms with E-state index in [1.165, 1.54) is 7.11 Å². The van der Waals surface area contributed by atoms with Crippen molar-refractivity contribution in [2.24, 2.45) is 5.73 Å². The highest BCUT2D eigenvalue weighted by molar-refractivity contribution is 5.94. The molecule has 0 saturated carbocycles. The van der Waals surface area contributed by atoms with E-state index < -0.39 is 6.10 Å². The molecule has 0 spiro atoms. The predicted octanol–water partition coefficient (Wildman–Crippen LogP) is 1.37. The lowest BCUT2D eigenvalue weighted by molar-refractivity contribution is -0.131. The van der Waals surface area contributed by atoms with E-state index in [1.807, 2.05) is 18.2 Å². The summed E-state index contributed by atoms with van der Waals surface area (Å²) in [5.74, 6) is -0.234. The molecule has 1 heterocycles. The second-order valence-electron chi connectivity index (χ2n) is 4.70. The molecule has 0 aliphatic carbocycles. The Hall–Kier alpha value is -2.73. The third-order valence-electron chi connectivity index (χ3n) is 3.16. The summed E-state index contributed by atoms with van der Waals surface area (Å²) in [6.07, 6.45) is 0.882. The number of pyridine rings is 1. The molecule has 1 aromatic carbocycles. The summed E-state index contributed by atoms with van der Waals surface area (Å²) in [7, 11) is 1.47. The van der Waals surface area contributed by atoms with Gasteiger partial charge in [0, 0.05) is 25.4 Å². The molecule has 1 amide bonds. The van der Waals surface area contributed by atoms with E-state index in [2.05, 4.69) is 10.3 Å². The van der Waals surface area contributed by atoms with Gasteiger partial charge in [0.05, 0.1) is 5.69 Å². The van der Waals surface area contributed by atoms with Gasteiger partial charge in [0.15, 0.2) is 6.10 Å². The van der Waals surface area contributed by atoms with Crippen molar-refractivity contribution >= 4 is 11.7 Å². The zero-order chi connectivity index (χ0) is 15.9. The fourth-order valence-electron chi connectivity index (χ4n) is 1.98. The third-order valence-corrected chi connectivity index (χ3v) is 3.16. The first-order valence-electron chi connectivity index (χ1n) is 6.76. The summed E-state index contributed by atoms with van der Waals surface area (Å²) in [4.78, 5) is 16.3. The van der Waals surface area contributed by atoms with Gasteiger partial charge in [-0.2, -0.15) is 0 Å². The monoisotopic (exact) mass is 298 g/mol. The normalized spacial score (nSPS) is 11.7. The van der Waals surface area contributed by atoms with Gasteiger partial charge in [-0.3, -0.25) is 15.2 Å². The Balaban J connectivity index is 1.98. The molecule has 0 bridgehead atoms. The van der Waals surface area contributed by atoms with Crippen LogP contribution < -0.4 is 11.1 Å². The van der Waals surface area contributed by atoms with Gasteiger partial charge in [0.25, 0.3) is 5.91 Å². The molecule has 0 radical (unpaired) electrons. The van der Waals surface area contributed by atoms with Crippen LogP contribution in [0.2, 0.25) is 0 Å². The molecule has 22 heavy (non-hydrogen) atoms. The number of hydrogen-bond acceptors (Lipinski definition) is 4. The first-order valence-corrected chi connectivity index (χ1v) is 6.76.